The van der Waals surface area contributed by atoms with Crippen molar-refractivity contribution >= 4 is 22.7 Å². The van der Waals surface area contributed by atoms with Crippen LogP contribution in [-0.2, 0) is 15.0 Å². The quantitative estimate of drug-likeness (QED) is 0.257. The van der Waals surface area contributed by atoms with Crippen LogP contribution in [0.2, 0.25) is 0 Å². The molecule has 0 radical (unpaired) electrons. The van der Waals surface area contributed by atoms with E-state index >= 15 is 0 Å². The third kappa shape index (κ3) is 2.82. The summed E-state index contributed by atoms with van der Waals surface area (Å²) in [5.41, 5.74) is 8.18. The van der Waals surface area contributed by atoms with E-state index in [1.807, 2.05) is 17.6 Å². The fourth-order valence-electron chi connectivity index (χ4n) is 5.35. The van der Waals surface area contributed by atoms with Crippen molar-refractivity contribution in [2.24, 2.45) is 16.8 Å². The number of amidine groups is 1. The Kier molecular flexibility index (Phi) is 4.36. The van der Waals surface area contributed by atoms with Gasteiger partial charge in [-0.05, 0) is 74.6 Å². The monoisotopic (exact) mass is 411 g/mol. The molecule has 160 valence electrons. The molecule has 2 saturated carbocycles. The average molecular weight is 412 g/mol. The highest BCUT2D eigenvalue weighted by atomic mass is 16.5. The number of aromatic nitrogens is 1. The van der Waals surface area contributed by atoms with Gasteiger partial charge in [0, 0.05) is 17.5 Å². The number of fused-ring (bicyclic) bond motifs is 1. The molecule has 2 aliphatic carbocycles. The molecular weight excluding hydrogens is 382 g/mol. The molecular formula is C23H29N3O4. The summed E-state index contributed by atoms with van der Waals surface area (Å²) in [5.74, 6) is 0.365. The lowest BCUT2D eigenvalue weighted by Gasteiger charge is -2.30. The van der Waals surface area contributed by atoms with E-state index < -0.39 is 5.54 Å². The number of ether oxygens (including phenoxy) is 2. The first kappa shape index (κ1) is 19.4. The van der Waals surface area contributed by atoms with Gasteiger partial charge in [0.2, 0.25) is 0 Å². The molecule has 3 N–H and O–H groups in total. The van der Waals surface area contributed by atoms with Crippen LogP contribution in [0.5, 0.6) is 0 Å². The lowest BCUT2D eigenvalue weighted by Crippen LogP contribution is -2.38. The van der Waals surface area contributed by atoms with E-state index in [0.29, 0.717) is 24.6 Å². The van der Waals surface area contributed by atoms with E-state index in [0.717, 1.165) is 43.2 Å². The lowest BCUT2D eigenvalue weighted by atomic mass is 9.87. The average Bonchev–Trinajstić information content (AvgIpc) is 3.61. The Bertz CT molecular complexity index is 1040. The molecule has 1 saturated heterocycles. The zero-order chi connectivity index (χ0) is 21.1. The van der Waals surface area contributed by atoms with Crippen LogP contribution in [0.25, 0.3) is 10.9 Å². The van der Waals surface area contributed by atoms with Crippen molar-refractivity contribution < 1.29 is 19.5 Å². The zero-order valence-corrected chi connectivity index (χ0v) is 17.6. The number of carbonyl (C=O) groups excluding carboxylic acids is 1. The topological polar surface area (TPSA) is 99.1 Å². The fourth-order valence-corrected chi connectivity index (χ4v) is 5.35. The van der Waals surface area contributed by atoms with Crippen molar-refractivity contribution in [2.75, 3.05) is 13.2 Å². The maximum atomic E-state index is 12.8. The number of hydrogen-bond donors (Lipinski definition) is 2. The number of esters is 1. The zero-order valence-electron chi connectivity index (χ0n) is 17.6. The molecule has 3 fully saturated rings. The SMILES string of the molecule is CCOC(=O)c1cc2cc(C3CCOC4(CC4)C3)ccc2n1[C@@]1(C(N)=NO)C[C@H]1C. The first-order valence-corrected chi connectivity index (χ1v) is 10.9. The molecule has 7 heteroatoms. The van der Waals surface area contributed by atoms with Crippen molar-refractivity contribution in [3.63, 3.8) is 0 Å². The van der Waals surface area contributed by atoms with Crippen molar-refractivity contribution in [3.05, 3.63) is 35.5 Å². The van der Waals surface area contributed by atoms with E-state index in [4.69, 9.17) is 15.2 Å². The van der Waals surface area contributed by atoms with Crippen molar-refractivity contribution in [1.82, 2.24) is 4.57 Å². The van der Waals surface area contributed by atoms with Crippen LogP contribution in [0.1, 0.15) is 67.9 Å². The second-order valence-electron chi connectivity index (χ2n) is 9.14. The number of nitrogens with zero attached hydrogens (tertiary/aromatic N) is 2. The molecule has 3 aliphatic rings. The number of nitrogens with two attached hydrogens (primary N) is 1. The Morgan fingerprint density at radius 2 is 2.13 bits per heavy atom. The van der Waals surface area contributed by atoms with Gasteiger partial charge in [-0.1, -0.05) is 18.1 Å². The minimum absolute atomic E-state index is 0.111. The molecule has 30 heavy (non-hydrogen) atoms. The number of oxime groups is 1. The minimum Gasteiger partial charge on any atom is -0.461 e. The van der Waals surface area contributed by atoms with E-state index in [1.54, 1.807) is 6.92 Å². The molecule has 0 bridgehead atoms. The van der Waals surface area contributed by atoms with Gasteiger partial charge in [-0.25, -0.2) is 4.79 Å². The second-order valence-corrected chi connectivity index (χ2v) is 9.14. The third-order valence-corrected chi connectivity index (χ3v) is 7.31. The van der Waals surface area contributed by atoms with Gasteiger partial charge in [-0.15, -0.1) is 0 Å². The highest BCUT2D eigenvalue weighted by molar-refractivity contribution is 6.00. The van der Waals surface area contributed by atoms with Gasteiger partial charge in [-0.3, -0.25) is 0 Å². The Labute approximate surface area is 175 Å². The van der Waals surface area contributed by atoms with Crippen LogP contribution in [0.15, 0.2) is 29.4 Å². The number of rotatable bonds is 5. The molecule has 1 spiro atoms. The molecule has 2 aromatic rings. The summed E-state index contributed by atoms with van der Waals surface area (Å²) < 4.78 is 13.2. The van der Waals surface area contributed by atoms with Crippen LogP contribution >= 0.6 is 0 Å². The highest BCUT2D eigenvalue weighted by Crippen LogP contribution is 2.53. The van der Waals surface area contributed by atoms with Gasteiger partial charge < -0.3 is 25.0 Å². The van der Waals surface area contributed by atoms with E-state index in [-0.39, 0.29) is 23.3 Å². The first-order chi connectivity index (χ1) is 14.4. The Morgan fingerprint density at radius 1 is 1.37 bits per heavy atom. The third-order valence-electron chi connectivity index (χ3n) is 7.31. The standard InChI is InChI=1S/C23H29N3O4/c1-3-29-20(27)19-11-17-10-15(16-6-9-30-22(13-16)7-8-22)4-5-18(17)26(19)23(12-14(23)2)21(24)25-28/h4-5,10-11,14,16,28H,3,6-9,12-13H2,1-2H3,(H2,24,25)/t14-,16?,23+/m1/s1. The summed E-state index contributed by atoms with van der Waals surface area (Å²) in [6.45, 7) is 4.94. The predicted molar refractivity (Wildman–Crippen MR) is 113 cm³/mol. The van der Waals surface area contributed by atoms with Crippen LogP contribution in [0.3, 0.4) is 0 Å². The highest BCUT2D eigenvalue weighted by Gasteiger charge is 2.58. The van der Waals surface area contributed by atoms with Gasteiger partial charge in [-0.2, -0.15) is 0 Å². The van der Waals surface area contributed by atoms with Crippen LogP contribution in [-0.4, -0.2) is 40.4 Å². The van der Waals surface area contributed by atoms with Gasteiger partial charge in [0.05, 0.1) is 12.2 Å². The molecule has 0 amide bonds. The Morgan fingerprint density at radius 3 is 2.77 bits per heavy atom. The van der Waals surface area contributed by atoms with Crippen LogP contribution < -0.4 is 5.73 Å². The molecule has 1 aliphatic heterocycles. The lowest BCUT2D eigenvalue weighted by molar-refractivity contribution is -0.0132. The second kappa shape index (κ2) is 6.74. The van der Waals surface area contributed by atoms with Crippen molar-refractivity contribution in [2.45, 2.75) is 63.0 Å². The molecule has 1 unspecified atom stereocenters. The molecule has 1 aromatic heterocycles. The van der Waals surface area contributed by atoms with Gasteiger partial charge >= 0.3 is 5.97 Å². The van der Waals surface area contributed by atoms with E-state index in [9.17, 15) is 10.0 Å². The summed E-state index contributed by atoms with van der Waals surface area (Å²) in [7, 11) is 0. The molecule has 2 heterocycles. The number of carbonyl (C=O) groups is 1. The van der Waals surface area contributed by atoms with Gasteiger partial charge in [0.1, 0.15) is 11.2 Å². The summed E-state index contributed by atoms with van der Waals surface area (Å²) >= 11 is 0. The minimum atomic E-state index is -0.698. The molecule has 5 rings (SSSR count). The smallest absolute Gasteiger partial charge is 0.355 e. The van der Waals surface area contributed by atoms with Crippen molar-refractivity contribution in [1.29, 1.82) is 0 Å². The summed E-state index contributed by atoms with van der Waals surface area (Å²) in [4.78, 5) is 12.8. The first-order valence-electron chi connectivity index (χ1n) is 10.9. The molecule has 1 aromatic carbocycles. The number of benzene rings is 1. The van der Waals surface area contributed by atoms with Crippen molar-refractivity contribution in [3.8, 4) is 0 Å². The molecule has 3 atom stereocenters. The molecule has 7 nitrogen and oxygen atoms in total. The Balaban J connectivity index is 1.61. The fraction of sp³-hybridized carbons (Fsp3) is 0.565. The summed E-state index contributed by atoms with van der Waals surface area (Å²) in [6.07, 6.45) is 5.12. The van der Waals surface area contributed by atoms with Crippen LogP contribution in [0, 0.1) is 5.92 Å². The normalized spacial score (nSPS) is 29.9. The Hall–Kier alpha value is -2.54. The van der Waals surface area contributed by atoms with E-state index in [1.165, 1.54) is 5.56 Å². The van der Waals surface area contributed by atoms with Gasteiger partial charge in [0.25, 0.3) is 0 Å². The maximum absolute atomic E-state index is 12.8. The van der Waals surface area contributed by atoms with Crippen LogP contribution in [0.4, 0.5) is 0 Å². The summed E-state index contributed by atoms with van der Waals surface area (Å²) in [5, 5.41) is 13.7. The largest absolute Gasteiger partial charge is 0.461 e. The van der Waals surface area contributed by atoms with Gasteiger partial charge in [0.15, 0.2) is 5.84 Å². The summed E-state index contributed by atoms with van der Waals surface area (Å²) in [6, 6.07) is 8.31. The van der Waals surface area contributed by atoms with E-state index in [2.05, 4.69) is 23.4 Å². The number of hydrogen-bond acceptors (Lipinski definition) is 5. The predicted octanol–water partition coefficient (Wildman–Crippen LogP) is 3.73. The maximum Gasteiger partial charge on any atom is 0.355 e.